The first-order valence-electron chi connectivity index (χ1n) is 12.2. The van der Waals surface area contributed by atoms with E-state index in [0.717, 1.165) is 61.3 Å². The minimum absolute atomic E-state index is 0.618. The maximum absolute atomic E-state index is 6.09. The zero-order valence-corrected chi connectivity index (χ0v) is 19.9. The summed E-state index contributed by atoms with van der Waals surface area (Å²) in [6.07, 6.45) is 0. The Balaban J connectivity index is 1.33. The van der Waals surface area contributed by atoms with Crippen LogP contribution in [0.4, 0.5) is 0 Å². The molecule has 0 amide bonds. The molecule has 0 saturated carbocycles. The number of hydrogen-bond donors (Lipinski definition) is 0. The Morgan fingerprint density at radius 1 is 0.378 bits per heavy atom. The summed E-state index contributed by atoms with van der Waals surface area (Å²) in [5.41, 5.74) is 10.3. The Labute approximate surface area is 213 Å². The zero-order valence-electron chi connectivity index (χ0n) is 19.9. The summed E-state index contributed by atoms with van der Waals surface area (Å²) in [4.78, 5) is 14.7. The fraction of sp³-hybridized carbons (Fsp3) is 0. The van der Waals surface area contributed by atoms with Crippen molar-refractivity contribution in [2.75, 3.05) is 0 Å². The van der Waals surface area contributed by atoms with Crippen molar-refractivity contribution in [3.8, 4) is 45.1 Å². The quantitative estimate of drug-likeness (QED) is 0.256. The van der Waals surface area contributed by atoms with Gasteiger partial charge in [0.25, 0.3) is 0 Å². The monoisotopic (exact) mass is 475 g/mol. The molecule has 0 radical (unpaired) electrons. The van der Waals surface area contributed by atoms with E-state index in [0.29, 0.717) is 5.89 Å². The van der Waals surface area contributed by atoms with Gasteiger partial charge in [0.1, 0.15) is 5.52 Å². The van der Waals surface area contributed by atoms with E-state index in [4.69, 9.17) is 19.4 Å². The number of aromatic nitrogens is 3. The number of rotatable bonds is 4. The molecular weight excluding hydrogens is 454 g/mol. The molecule has 7 rings (SSSR count). The van der Waals surface area contributed by atoms with E-state index in [9.17, 15) is 0 Å². The lowest BCUT2D eigenvalue weighted by Gasteiger charge is -2.12. The average Bonchev–Trinajstić information content (AvgIpc) is 3.41. The topological polar surface area (TPSA) is 51.8 Å². The van der Waals surface area contributed by atoms with Gasteiger partial charge >= 0.3 is 0 Å². The minimum Gasteiger partial charge on any atom is -0.436 e. The van der Waals surface area contributed by atoms with Gasteiger partial charge in [0, 0.05) is 16.7 Å². The molecule has 0 bridgehead atoms. The number of nitrogens with zero attached hydrogens (tertiary/aromatic N) is 3. The first-order chi connectivity index (χ1) is 18.3. The lowest BCUT2D eigenvalue weighted by molar-refractivity contribution is 0.620. The Morgan fingerprint density at radius 2 is 0.892 bits per heavy atom. The van der Waals surface area contributed by atoms with Gasteiger partial charge in [-0.3, -0.25) is 0 Å². The number of hydrogen-bond acceptors (Lipinski definition) is 4. The third kappa shape index (κ3) is 3.85. The molecule has 0 N–H and O–H groups in total. The molecule has 0 aliphatic rings. The average molecular weight is 476 g/mol. The molecule has 2 aromatic heterocycles. The van der Waals surface area contributed by atoms with Gasteiger partial charge in [-0.1, -0.05) is 97.1 Å². The second-order valence-corrected chi connectivity index (χ2v) is 8.89. The Bertz CT molecular complexity index is 1840. The summed E-state index contributed by atoms with van der Waals surface area (Å²) in [5.74, 6) is 0.618. The molecular formula is C33H21N3O. The van der Waals surface area contributed by atoms with Gasteiger partial charge in [0.15, 0.2) is 5.58 Å². The predicted octanol–water partition coefficient (Wildman–Crippen LogP) is 8.44. The molecule has 0 saturated heterocycles. The van der Waals surface area contributed by atoms with Crippen LogP contribution < -0.4 is 0 Å². The Morgan fingerprint density at radius 3 is 1.57 bits per heavy atom. The van der Waals surface area contributed by atoms with Crippen molar-refractivity contribution in [1.82, 2.24) is 15.0 Å². The van der Waals surface area contributed by atoms with Crippen LogP contribution in [0.25, 0.3) is 67.2 Å². The van der Waals surface area contributed by atoms with E-state index >= 15 is 0 Å². The largest absolute Gasteiger partial charge is 0.436 e. The van der Waals surface area contributed by atoms with Crippen LogP contribution in [0.1, 0.15) is 0 Å². The fourth-order valence-electron chi connectivity index (χ4n) is 4.72. The molecule has 0 aliphatic carbocycles. The predicted molar refractivity (Wildman–Crippen MR) is 149 cm³/mol. The summed E-state index contributed by atoms with van der Waals surface area (Å²) >= 11 is 0. The molecule has 174 valence electrons. The van der Waals surface area contributed by atoms with Crippen molar-refractivity contribution in [1.29, 1.82) is 0 Å². The molecule has 4 nitrogen and oxygen atoms in total. The Hall–Kier alpha value is -5.09. The van der Waals surface area contributed by atoms with Crippen molar-refractivity contribution in [3.05, 3.63) is 127 Å². The van der Waals surface area contributed by atoms with E-state index < -0.39 is 0 Å². The van der Waals surface area contributed by atoms with Gasteiger partial charge in [0.2, 0.25) is 5.89 Å². The molecule has 7 aromatic rings. The number of benzene rings is 5. The molecule has 0 spiro atoms. The maximum atomic E-state index is 6.09. The van der Waals surface area contributed by atoms with Crippen molar-refractivity contribution in [3.63, 3.8) is 0 Å². The second kappa shape index (κ2) is 8.85. The van der Waals surface area contributed by atoms with Crippen LogP contribution in [-0.2, 0) is 0 Å². The number of para-hydroxylation sites is 4. The van der Waals surface area contributed by atoms with E-state index in [1.807, 2.05) is 78.9 Å². The van der Waals surface area contributed by atoms with Crippen LogP contribution in [0.3, 0.4) is 0 Å². The third-order valence-electron chi connectivity index (χ3n) is 6.54. The van der Waals surface area contributed by atoms with Crippen molar-refractivity contribution in [2.45, 2.75) is 0 Å². The van der Waals surface area contributed by atoms with E-state index in [2.05, 4.69) is 48.5 Å². The summed E-state index contributed by atoms with van der Waals surface area (Å²) < 4.78 is 6.09. The van der Waals surface area contributed by atoms with E-state index in [1.54, 1.807) is 0 Å². The van der Waals surface area contributed by atoms with E-state index in [-0.39, 0.29) is 0 Å². The van der Waals surface area contributed by atoms with Crippen LogP contribution in [0.2, 0.25) is 0 Å². The highest BCUT2D eigenvalue weighted by atomic mass is 16.3. The normalized spacial score (nSPS) is 11.2. The molecule has 37 heavy (non-hydrogen) atoms. The third-order valence-corrected chi connectivity index (χ3v) is 6.54. The summed E-state index contributed by atoms with van der Waals surface area (Å²) in [5, 5.41) is 0. The number of fused-ring (bicyclic) bond motifs is 2. The summed E-state index contributed by atoms with van der Waals surface area (Å²) in [7, 11) is 0. The molecule has 0 fully saturated rings. The van der Waals surface area contributed by atoms with Crippen molar-refractivity contribution in [2.24, 2.45) is 0 Å². The van der Waals surface area contributed by atoms with E-state index in [1.165, 1.54) is 0 Å². The van der Waals surface area contributed by atoms with Crippen molar-refractivity contribution < 1.29 is 4.42 Å². The van der Waals surface area contributed by atoms with Gasteiger partial charge in [-0.15, -0.1) is 0 Å². The maximum Gasteiger partial charge on any atom is 0.227 e. The van der Waals surface area contributed by atoms with Crippen LogP contribution >= 0.6 is 0 Å². The lowest BCUT2D eigenvalue weighted by Crippen LogP contribution is -1.95. The summed E-state index contributed by atoms with van der Waals surface area (Å²) in [6.45, 7) is 0. The first kappa shape index (κ1) is 21.2. The number of oxazole rings is 1. The fourth-order valence-corrected chi connectivity index (χ4v) is 4.72. The van der Waals surface area contributed by atoms with Gasteiger partial charge in [0.05, 0.1) is 22.4 Å². The first-order valence-corrected chi connectivity index (χ1v) is 12.2. The molecule has 0 unspecified atom stereocenters. The van der Waals surface area contributed by atoms with Crippen LogP contribution in [0, 0.1) is 0 Å². The van der Waals surface area contributed by atoms with Crippen molar-refractivity contribution >= 4 is 22.1 Å². The minimum atomic E-state index is 0.618. The van der Waals surface area contributed by atoms with Gasteiger partial charge < -0.3 is 4.42 Å². The van der Waals surface area contributed by atoms with Gasteiger partial charge in [-0.25, -0.2) is 15.0 Å². The molecule has 0 aliphatic heterocycles. The highest BCUT2D eigenvalue weighted by Crippen LogP contribution is 2.36. The van der Waals surface area contributed by atoms with Gasteiger partial charge in [-0.05, 0) is 41.5 Å². The smallest absolute Gasteiger partial charge is 0.227 e. The Kier molecular flexibility index (Phi) is 5.07. The molecule has 2 heterocycles. The highest BCUT2D eigenvalue weighted by molar-refractivity contribution is 5.88. The second-order valence-electron chi connectivity index (χ2n) is 8.89. The summed E-state index contributed by atoms with van der Waals surface area (Å²) in [6, 6.07) is 42.8. The molecule has 0 atom stereocenters. The standard InChI is InChI=1S/C33H21N3O/c1-2-10-23(11-3-1)31-32(35-28-15-7-6-14-27(28)34-31)24-20-18-22(19-21-24)25-12-4-5-13-26(25)33-36-29-16-8-9-17-30(29)37-33/h1-21H. The zero-order chi connectivity index (χ0) is 24.6. The molecule has 4 heteroatoms. The van der Waals surface area contributed by atoms with Crippen LogP contribution in [0.5, 0.6) is 0 Å². The van der Waals surface area contributed by atoms with Crippen LogP contribution in [0.15, 0.2) is 132 Å². The van der Waals surface area contributed by atoms with Gasteiger partial charge in [-0.2, -0.15) is 0 Å². The SMILES string of the molecule is c1ccc(-c2nc3ccccc3nc2-c2ccc(-c3ccccc3-c3nc4ccccc4o3)cc2)cc1. The lowest BCUT2D eigenvalue weighted by atomic mass is 9.97. The van der Waals surface area contributed by atoms with Crippen LogP contribution in [-0.4, -0.2) is 15.0 Å². The molecule has 5 aromatic carbocycles. The highest BCUT2D eigenvalue weighted by Gasteiger charge is 2.16.